The highest BCUT2D eigenvalue weighted by Crippen LogP contribution is 2.28. The van der Waals surface area contributed by atoms with Crippen molar-refractivity contribution < 1.29 is 14.3 Å². The van der Waals surface area contributed by atoms with Gasteiger partial charge in [-0.25, -0.2) is 4.79 Å². The molecular weight excluding hydrogens is 352 g/mol. The summed E-state index contributed by atoms with van der Waals surface area (Å²) in [6.45, 7) is 5.03. The van der Waals surface area contributed by atoms with Crippen LogP contribution in [-0.4, -0.2) is 29.5 Å². The molecule has 0 radical (unpaired) electrons. The number of amides is 2. The first kappa shape index (κ1) is 19.9. The topological polar surface area (TPSA) is 58.6 Å². The van der Waals surface area contributed by atoms with Gasteiger partial charge in [0.25, 0.3) is 0 Å². The molecule has 2 unspecified atom stereocenters. The molecule has 1 N–H and O–H groups in total. The fraction of sp³-hybridized carbons (Fsp3) is 0.391. The Balaban J connectivity index is 1.64. The predicted octanol–water partition coefficient (Wildman–Crippen LogP) is 4.94. The van der Waals surface area contributed by atoms with Gasteiger partial charge >= 0.3 is 6.09 Å². The second-order valence-electron chi connectivity index (χ2n) is 7.28. The van der Waals surface area contributed by atoms with Crippen LogP contribution in [0.5, 0.6) is 0 Å². The van der Waals surface area contributed by atoms with E-state index in [-0.39, 0.29) is 12.5 Å². The van der Waals surface area contributed by atoms with Gasteiger partial charge in [-0.3, -0.25) is 9.69 Å². The van der Waals surface area contributed by atoms with Gasteiger partial charge in [-0.2, -0.15) is 0 Å². The number of ether oxygens (including phenoxy) is 1. The lowest BCUT2D eigenvalue weighted by atomic mass is 9.96. The molecule has 2 amide bonds. The van der Waals surface area contributed by atoms with Crippen LogP contribution in [0.4, 0.5) is 10.5 Å². The van der Waals surface area contributed by atoms with Crippen LogP contribution in [0.3, 0.4) is 0 Å². The monoisotopic (exact) mass is 380 g/mol. The molecular formula is C23H28N2O3. The highest BCUT2D eigenvalue weighted by molar-refractivity contribution is 5.97. The number of rotatable bonds is 6. The molecule has 1 aliphatic rings. The third-order valence-corrected chi connectivity index (χ3v) is 5.36. The van der Waals surface area contributed by atoms with Gasteiger partial charge in [0.1, 0.15) is 12.6 Å². The maximum Gasteiger partial charge on any atom is 0.410 e. The Bertz CT molecular complexity index is 807. The number of carbonyl (C=O) groups is 2. The molecule has 0 aromatic heterocycles. The van der Waals surface area contributed by atoms with Gasteiger partial charge < -0.3 is 10.1 Å². The number of nitrogens with zero attached hydrogens (tertiary/aromatic N) is 1. The smallest absolute Gasteiger partial charge is 0.410 e. The van der Waals surface area contributed by atoms with E-state index < -0.39 is 12.1 Å². The minimum absolute atomic E-state index is 0.148. The van der Waals surface area contributed by atoms with Crippen LogP contribution in [0.15, 0.2) is 54.6 Å². The Morgan fingerprint density at radius 3 is 2.61 bits per heavy atom. The summed E-state index contributed by atoms with van der Waals surface area (Å²) in [6, 6.07) is 16.9. The Labute approximate surface area is 166 Å². The molecule has 1 aliphatic heterocycles. The van der Waals surface area contributed by atoms with E-state index in [2.05, 4.69) is 19.2 Å². The van der Waals surface area contributed by atoms with Crippen LogP contribution in [-0.2, 0) is 16.1 Å². The van der Waals surface area contributed by atoms with Gasteiger partial charge in [-0.05, 0) is 42.4 Å². The van der Waals surface area contributed by atoms with E-state index >= 15 is 0 Å². The Morgan fingerprint density at radius 2 is 1.86 bits per heavy atom. The van der Waals surface area contributed by atoms with Gasteiger partial charge in [-0.1, -0.05) is 62.4 Å². The molecule has 148 valence electrons. The Hall–Kier alpha value is -2.82. The normalized spacial score (nSPS) is 17.2. The second-order valence-corrected chi connectivity index (χ2v) is 7.28. The van der Waals surface area contributed by atoms with Crippen molar-refractivity contribution in [1.29, 1.82) is 0 Å². The molecule has 2 aromatic rings. The van der Waals surface area contributed by atoms with Crippen molar-refractivity contribution in [3.05, 3.63) is 65.7 Å². The summed E-state index contributed by atoms with van der Waals surface area (Å²) in [5, 5.41) is 3.04. The quantitative estimate of drug-likeness (QED) is 0.772. The van der Waals surface area contributed by atoms with E-state index in [1.807, 2.05) is 54.6 Å². The summed E-state index contributed by atoms with van der Waals surface area (Å²) in [4.78, 5) is 27.0. The van der Waals surface area contributed by atoms with E-state index in [4.69, 9.17) is 4.74 Å². The van der Waals surface area contributed by atoms with Crippen LogP contribution in [0, 0.1) is 0 Å². The largest absolute Gasteiger partial charge is 0.445 e. The lowest BCUT2D eigenvalue weighted by Crippen LogP contribution is -2.43. The Morgan fingerprint density at radius 1 is 1.14 bits per heavy atom. The Kier molecular flexibility index (Phi) is 6.69. The van der Waals surface area contributed by atoms with Gasteiger partial charge in [0.05, 0.1) is 0 Å². The SMILES string of the molecule is CCC(C)c1ccccc1NC(=O)C1CCCN1C(=O)OCc1ccccc1. The molecule has 2 atom stereocenters. The van der Waals surface area contributed by atoms with Crippen LogP contribution < -0.4 is 5.32 Å². The minimum Gasteiger partial charge on any atom is -0.445 e. The minimum atomic E-state index is -0.492. The number of nitrogens with one attached hydrogen (secondary N) is 1. The zero-order chi connectivity index (χ0) is 19.9. The van der Waals surface area contributed by atoms with E-state index in [9.17, 15) is 9.59 Å². The zero-order valence-corrected chi connectivity index (χ0v) is 16.6. The molecule has 0 spiro atoms. The molecule has 0 saturated carbocycles. The van der Waals surface area contributed by atoms with Crippen LogP contribution in [0.25, 0.3) is 0 Å². The first-order valence-corrected chi connectivity index (χ1v) is 9.97. The number of anilines is 1. The summed E-state index contributed by atoms with van der Waals surface area (Å²) >= 11 is 0. The van der Waals surface area contributed by atoms with E-state index in [0.29, 0.717) is 18.9 Å². The molecule has 1 fully saturated rings. The van der Waals surface area contributed by atoms with E-state index in [1.165, 1.54) is 0 Å². The lowest BCUT2D eigenvalue weighted by molar-refractivity contribution is -0.120. The van der Waals surface area contributed by atoms with Crippen molar-refractivity contribution in [2.75, 3.05) is 11.9 Å². The van der Waals surface area contributed by atoms with Crippen LogP contribution in [0.2, 0.25) is 0 Å². The van der Waals surface area contributed by atoms with Crippen LogP contribution >= 0.6 is 0 Å². The maximum atomic E-state index is 12.9. The number of hydrogen-bond acceptors (Lipinski definition) is 3. The molecule has 28 heavy (non-hydrogen) atoms. The van der Waals surface area contributed by atoms with Crippen molar-refractivity contribution in [2.45, 2.75) is 51.7 Å². The average molecular weight is 380 g/mol. The molecule has 1 saturated heterocycles. The molecule has 2 aromatic carbocycles. The van der Waals surface area contributed by atoms with E-state index in [0.717, 1.165) is 29.7 Å². The van der Waals surface area contributed by atoms with Gasteiger partial charge in [-0.15, -0.1) is 0 Å². The summed E-state index contributed by atoms with van der Waals surface area (Å²) in [6.07, 6.45) is 2.01. The first-order valence-electron chi connectivity index (χ1n) is 9.97. The van der Waals surface area contributed by atoms with Crippen molar-refractivity contribution in [1.82, 2.24) is 4.90 Å². The molecule has 3 rings (SSSR count). The van der Waals surface area contributed by atoms with Crippen molar-refractivity contribution >= 4 is 17.7 Å². The maximum absolute atomic E-state index is 12.9. The number of carbonyl (C=O) groups excluding carboxylic acids is 2. The highest BCUT2D eigenvalue weighted by atomic mass is 16.6. The summed E-state index contributed by atoms with van der Waals surface area (Å²) in [5.41, 5.74) is 2.87. The van der Waals surface area contributed by atoms with Gasteiger partial charge in [0.2, 0.25) is 5.91 Å². The number of benzene rings is 2. The summed E-state index contributed by atoms with van der Waals surface area (Å²) in [5.74, 6) is 0.205. The number of likely N-dealkylation sites (tertiary alicyclic amines) is 1. The standard InChI is InChI=1S/C23H28N2O3/c1-3-17(2)19-12-7-8-13-20(19)24-22(26)21-14-9-15-25(21)23(27)28-16-18-10-5-4-6-11-18/h4-8,10-13,17,21H,3,9,14-16H2,1-2H3,(H,24,26). The van der Waals surface area contributed by atoms with Crippen molar-refractivity contribution in [3.8, 4) is 0 Å². The summed E-state index contributed by atoms with van der Waals surface area (Å²) in [7, 11) is 0. The van der Waals surface area contributed by atoms with Crippen molar-refractivity contribution in [2.24, 2.45) is 0 Å². The van der Waals surface area contributed by atoms with Crippen LogP contribution in [0.1, 0.15) is 50.2 Å². The fourth-order valence-electron chi connectivity index (χ4n) is 3.54. The molecule has 0 aliphatic carbocycles. The fourth-order valence-corrected chi connectivity index (χ4v) is 3.54. The van der Waals surface area contributed by atoms with Crippen molar-refractivity contribution in [3.63, 3.8) is 0 Å². The van der Waals surface area contributed by atoms with E-state index in [1.54, 1.807) is 4.90 Å². The first-order chi connectivity index (χ1) is 13.6. The predicted molar refractivity (Wildman–Crippen MR) is 110 cm³/mol. The molecule has 0 bridgehead atoms. The highest BCUT2D eigenvalue weighted by Gasteiger charge is 2.35. The zero-order valence-electron chi connectivity index (χ0n) is 16.6. The second kappa shape index (κ2) is 9.40. The molecule has 5 nitrogen and oxygen atoms in total. The van der Waals surface area contributed by atoms with Gasteiger partial charge in [0.15, 0.2) is 0 Å². The number of hydrogen-bond donors (Lipinski definition) is 1. The molecule has 1 heterocycles. The molecule has 5 heteroatoms. The lowest BCUT2D eigenvalue weighted by Gasteiger charge is -2.24. The van der Waals surface area contributed by atoms with Gasteiger partial charge in [0, 0.05) is 12.2 Å². The summed E-state index contributed by atoms with van der Waals surface area (Å²) < 4.78 is 5.43. The average Bonchev–Trinajstić information content (AvgIpc) is 3.23. The third kappa shape index (κ3) is 4.71. The third-order valence-electron chi connectivity index (χ3n) is 5.36. The number of para-hydroxylation sites is 1.